The molecule has 278 valence electrons. The molecule has 49 heavy (non-hydrogen) atoms. The predicted octanol–water partition coefficient (Wildman–Crippen LogP) is 5.89. The number of hydrogen-bond acceptors (Lipinski definition) is 7. The highest BCUT2D eigenvalue weighted by molar-refractivity contribution is 5.79. The summed E-state index contributed by atoms with van der Waals surface area (Å²) < 4.78 is 52.6. The number of amides is 1. The van der Waals surface area contributed by atoms with Gasteiger partial charge in [0.05, 0.1) is 56.7 Å². The summed E-state index contributed by atoms with van der Waals surface area (Å²) in [5.41, 5.74) is 0.269. The Balaban J connectivity index is 0.919. The highest BCUT2D eigenvalue weighted by atomic mass is 19.3. The molecule has 5 aliphatic carbocycles. The first kappa shape index (κ1) is 35.1. The van der Waals surface area contributed by atoms with E-state index in [4.69, 9.17) is 18.9 Å². The van der Waals surface area contributed by atoms with Crippen molar-refractivity contribution in [2.24, 2.45) is 45.3 Å². The summed E-state index contributed by atoms with van der Waals surface area (Å²) in [5.74, 6) is -0.293. The number of ether oxygens (including phenoxy) is 4. The molecule has 0 aromatic carbocycles. The van der Waals surface area contributed by atoms with E-state index in [9.17, 15) is 18.7 Å². The highest BCUT2D eigenvalue weighted by Crippen LogP contribution is 2.87. The van der Waals surface area contributed by atoms with E-state index < -0.39 is 30.9 Å². The minimum absolute atomic E-state index is 0.0174. The van der Waals surface area contributed by atoms with Crippen LogP contribution in [0.5, 0.6) is 0 Å². The fraction of sp³-hybridized carbons (Fsp3) is 0.974. The Bertz CT molecular complexity index is 1280. The van der Waals surface area contributed by atoms with Crippen LogP contribution in [0.2, 0.25) is 0 Å². The highest BCUT2D eigenvalue weighted by Gasteiger charge is 2.80. The van der Waals surface area contributed by atoms with Gasteiger partial charge in [-0.3, -0.25) is 9.69 Å². The largest absolute Gasteiger partial charge is 0.388 e. The van der Waals surface area contributed by atoms with Crippen LogP contribution in [0.1, 0.15) is 106 Å². The Morgan fingerprint density at radius 3 is 2.47 bits per heavy atom. The molecule has 0 bridgehead atoms. The second kappa shape index (κ2) is 11.8. The Hall–Kier alpha value is -0.910. The first-order valence-corrected chi connectivity index (χ1v) is 19.7. The molecule has 12 atom stereocenters. The van der Waals surface area contributed by atoms with E-state index in [0.29, 0.717) is 60.3 Å². The molecule has 12 unspecified atom stereocenters. The summed E-state index contributed by atoms with van der Waals surface area (Å²) >= 11 is 0. The van der Waals surface area contributed by atoms with Gasteiger partial charge in [-0.1, -0.05) is 20.8 Å². The van der Waals surface area contributed by atoms with Crippen LogP contribution < -0.4 is 0 Å². The van der Waals surface area contributed by atoms with Gasteiger partial charge in [0.1, 0.15) is 6.10 Å². The van der Waals surface area contributed by atoms with E-state index in [0.717, 1.165) is 25.2 Å². The SMILES string of the molecule is CCOC(C1CCC2C(CC3C4CCC5C(C)(C)C(OC6CN(CC(=O)N7CC(F)(F)C7)CCO6)CCC56CC46CCC23C)O1)C(C)(C)O. The molecule has 1 N–H and O–H groups in total. The van der Waals surface area contributed by atoms with Crippen molar-refractivity contribution in [3.05, 3.63) is 0 Å². The van der Waals surface area contributed by atoms with Crippen molar-refractivity contribution in [3.8, 4) is 0 Å². The zero-order chi connectivity index (χ0) is 34.8. The lowest BCUT2D eigenvalue weighted by Gasteiger charge is -2.60. The molecule has 2 spiro atoms. The average molecular weight is 693 g/mol. The molecule has 8 nitrogen and oxygen atoms in total. The van der Waals surface area contributed by atoms with Crippen LogP contribution in [0.15, 0.2) is 0 Å². The van der Waals surface area contributed by atoms with Crippen molar-refractivity contribution < 1.29 is 37.6 Å². The molecule has 8 aliphatic rings. The van der Waals surface area contributed by atoms with Gasteiger partial charge in [-0.2, -0.15) is 0 Å². The monoisotopic (exact) mass is 692 g/mol. The number of hydrogen-bond donors (Lipinski definition) is 1. The average Bonchev–Trinajstić information content (AvgIpc) is 3.59. The fourth-order valence-corrected chi connectivity index (χ4v) is 13.7. The van der Waals surface area contributed by atoms with Gasteiger partial charge >= 0.3 is 0 Å². The third-order valence-corrected chi connectivity index (χ3v) is 15.9. The maximum absolute atomic E-state index is 13.3. The van der Waals surface area contributed by atoms with Gasteiger partial charge in [0.15, 0.2) is 6.29 Å². The Morgan fingerprint density at radius 2 is 1.76 bits per heavy atom. The van der Waals surface area contributed by atoms with Crippen LogP contribution in [-0.4, -0.2) is 109 Å². The Labute approximate surface area is 292 Å². The zero-order valence-electron chi connectivity index (χ0n) is 30.9. The number of morpholine rings is 1. The van der Waals surface area contributed by atoms with Gasteiger partial charge in [0, 0.05) is 13.2 Å². The molecule has 8 rings (SSSR count). The molecule has 3 aliphatic heterocycles. The van der Waals surface area contributed by atoms with Gasteiger partial charge in [-0.25, -0.2) is 8.78 Å². The smallest absolute Gasteiger partial charge is 0.282 e. The number of halogens is 2. The number of fused-ring (bicyclic) bond motifs is 4. The van der Waals surface area contributed by atoms with E-state index in [1.165, 1.54) is 49.8 Å². The minimum Gasteiger partial charge on any atom is -0.388 e. The zero-order valence-corrected chi connectivity index (χ0v) is 30.9. The maximum Gasteiger partial charge on any atom is 0.282 e. The second-order valence-corrected chi connectivity index (χ2v) is 19.1. The fourth-order valence-electron chi connectivity index (χ4n) is 13.7. The van der Waals surface area contributed by atoms with Crippen LogP contribution in [-0.2, 0) is 23.7 Å². The first-order chi connectivity index (χ1) is 23.0. The number of carbonyl (C=O) groups is 1. The topological polar surface area (TPSA) is 80.7 Å². The van der Waals surface area contributed by atoms with E-state index in [1.54, 1.807) is 0 Å². The molecule has 10 heteroatoms. The van der Waals surface area contributed by atoms with E-state index in [-0.39, 0.29) is 42.3 Å². The molecule has 3 heterocycles. The molecular formula is C39H62F2N2O6. The molecule has 0 aromatic rings. The third-order valence-electron chi connectivity index (χ3n) is 15.9. The van der Waals surface area contributed by atoms with Crippen LogP contribution in [0.25, 0.3) is 0 Å². The number of rotatable bonds is 8. The molecule has 3 saturated heterocycles. The van der Waals surface area contributed by atoms with Gasteiger partial charge < -0.3 is 29.0 Å². The molecule has 8 fully saturated rings. The van der Waals surface area contributed by atoms with Crippen LogP contribution >= 0.6 is 0 Å². The molecular weight excluding hydrogens is 630 g/mol. The number of nitrogens with zero attached hydrogens (tertiary/aromatic N) is 2. The minimum atomic E-state index is -2.74. The summed E-state index contributed by atoms with van der Waals surface area (Å²) in [4.78, 5) is 15.9. The Kier molecular flexibility index (Phi) is 8.46. The number of carbonyl (C=O) groups excluding carboxylic acids is 1. The van der Waals surface area contributed by atoms with Crippen molar-refractivity contribution in [2.45, 2.75) is 148 Å². The Morgan fingerprint density at radius 1 is 1.00 bits per heavy atom. The van der Waals surface area contributed by atoms with Crippen LogP contribution in [0.3, 0.4) is 0 Å². The van der Waals surface area contributed by atoms with E-state index in [1.807, 2.05) is 25.7 Å². The summed E-state index contributed by atoms with van der Waals surface area (Å²) in [6, 6.07) is 0. The number of likely N-dealkylation sites (tertiary alicyclic amines) is 1. The van der Waals surface area contributed by atoms with Crippen LogP contribution in [0.4, 0.5) is 8.78 Å². The van der Waals surface area contributed by atoms with Gasteiger partial charge in [0.25, 0.3) is 5.92 Å². The maximum atomic E-state index is 13.3. The third kappa shape index (κ3) is 5.49. The molecule has 5 saturated carbocycles. The van der Waals surface area contributed by atoms with Crippen molar-refractivity contribution in [3.63, 3.8) is 0 Å². The lowest BCUT2D eigenvalue weighted by atomic mass is 9.46. The van der Waals surface area contributed by atoms with E-state index in [2.05, 4.69) is 20.8 Å². The number of alkyl halides is 2. The standard InChI is InChI=1S/C39H62F2N2O6/c1-7-46-33(35(4,5)45)27-10-8-25-28(48-27)18-26-24-9-11-29-34(2,3)30(12-13-38(29)21-37(24,38)15-14-36(25,26)6)49-32-20-42(16-17-47-32)19-31(44)43-22-39(40,41)23-43/h24-30,32-33,45H,7-23H2,1-6H3. The van der Waals surface area contributed by atoms with Gasteiger partial charge in [-0.05, 0) is 130 Å². The second-order valence-electron chi connectivity index (χ2n) is 19.1. The lowest BCUT2D eigenvalue weighted by Crippen LogP contribution is -2.61. The predicted molar refractivity (Wildman–Crippen MR) is 180 cm³/mol. The summed E-state index contributed by atoms with van der Waals surface area (Å²) in [7, 11) is 0. The quantitative estimate of drug-likeness (QED) is 0.340. The van der Waals surface area contributed by atoms with Crippen molar-refractivity contribution in [1.29, 1.82) is 0 Å². The molecule has 1 amide bonds. The lowest BCUT2D eigenvalue weighted by molar-refractivity contribution is -0.245. The molecule has 0 aromatic heterocycles. The summed E-state index contributed by atoms with van der Waals surface area (Å²) in [5, 5.41) is 10.9. The summed E-state index contributed by atoms with van der Waals surface area (Å²) in [6.45, 7) is 14.6. The normalized spacial score (nSPS) is 47.5. The van der Waals surface area contributed by atoms with Crippen molar-refractivity contribution >= 4 is 5.91 Å². The van der Waals surface area contributed by atoms with Gasteiger partial charge in [0.2, 0.25) is 5.91 Å². The van der Waals surface area contributed by atoms with Crippen molar-refractivity contribution in [2.75, 3.05) is 45.9 Å². The van der Waals surface area contributed by atoms with Crippen molar-refractivity contribution in [1.82, 2.24) is 9.80 Å². The van der Waals surface area contributed by atoms with Crippen LogP contribution in [0, 0.1) is 45.3 Å². The first-order valence-electron chi connectivity index (χ1n) is 19.7. The van der Waals surface area contributed by atoms with Gasteiger partial charge in [-0.15, -0.1) is 0 Å². The van der Waals surface area contributed by atoms with E-state index >= 15 is 0 Å². The number of aliphatic hydroxyl groups is 1. The molecule has 0 radical (unpaired) electrons. The summed E-state index contributed by atoms with van der Waals surface area (Å²) in [6.07, 6.45) is 11.7.